The van der Waals surface area contributed by atoms with Gasteiger partial charge in [0.2, 0.25) is 0 Å². The zero-order valence-electron chi connectivity index (χ0n) is 12.9. The second kappa shape index (κ2) is 7.02. The van der Waals surface area contributed by atoms with Crippen molar-refractivity contribution in [3.63, 3.8) is 0 Å². The Balaban J connectivity index is 2.10. The van der Waals surface area contributed by atoms with Gasteiger partial charge in [-0.3, -0.25) is 0 Å². The van der Waals surface area contributed by atoms with E-state index in [1.54, 1.807) is 0 Å². The fraction of sp³-hybridized carbons (Fsp3) is 0.467. The number of hydrogen-bond acceptors (Lipinski definition) is 5. The highest BCUT2D eigenvalue weighted by molar-refractivity contribution is 5.71. The summed E-state index contributed by atoms with van der Waals surface area (Å²) in [5, 5.41) is 20.6. The number of rotatable bonds is 7. The van der Waals surface area contributed by atoms with E-state index in [9.17, 15) is 9.90 Å². The van der Waals surface area contributed by atoms with Crippen molar-refractivity contribution in [2.75, 3.05) is 0 Å². The molecule has 0 saturated heterocycles. The van der Waals surface area contributed by atoms with Crippen molar-refractivity contribution < 1.29 is 14.6 Å². The number of aromatic nitrogens is 4. The molecule has 2 rings (SSSR count). The minimum Gasteiger partial charge on any atom is -0.486 e. The Morgan fingerprint density at radius 2 is 2.00 bits per heavy atom. The van der Waals surface area contributed by atoms with Crippen molar-refractivity contribution in [1.29, 1.82) is 0 Å². The second-order valence-electron chi connectivity index (χ2n) is 5.62. The fourth-order valence-corrected chi connectivity index (χ4v) is 2.08. The SMILES string of the molecule is Cc1ccc(OCc2nnnn2C(CC(C)C)C(=O)O)cc1. The zero-order chi connectivity index (χ0) is 16.1. The summed E-state index contributed by atoms with van der Waals surface area (Å²) in [5.74, 6) is 0.360. The first kappa shape index (κ1) is 15.9. The van der Waals surface area contributed by atoms with Gasteiger partial charge in [-0.05, 0) is 41.8 Å². The van der Waals surface area contributed by atoms with Crippen LogP contribution in [0.4, 0.5) is 0 Å². The number of aryl methyl sites for hydroxylation is 1. The number of benzene rings is 1. The van der Waals surface area contributed by atoms with Crippen LogP contribution in [0.25, 0.3) is 0 Å². The van der Waals surface area contributed by atoms with Crippen LogP contribution < -0.4 is 4.74 Å². The van der Waals surface area contributed by atoms with Crippen molar-refractivity contribution in [2.24, 2.45) is 5.92 Å². The summed E-state index contributed by atoms with van der Waals surface area (Å²) in [5.41, 5.74) is 1.14. The largest absolute Gasteiger partial charge is 0.486 e. The molecule has 0 spiro atoms. The minimum atomic E-state index is -0.947. The van der Waals surface area contributed by atoms with E-state index in [1.807, 2.05) is 45.0 Å². The molecular weight excluding hydrogens is 284 g/mol. The lowest BCUT2D eigenvalue weighted by Gasteiger charge is -2.16. The van der Waals surface area contributed by atoms with Crippen molar-refractivity contribution >= 4 is 5.97 Å². The van der Waals surface area contributed by atoms with Crippen LogP contribution in [-0.2, 0) is 11.4 Å². The monoisotopic (exact) mass is 304 g/mol. The minimum absolute atomic E-state index is 0.123. The number of carboxylic acids is 1. The molecule has 1 atom stereocenters. The molecule has 118 valence electrons. The Hall–Kier alpha value is -2.44. The molecule has 0 aliphatic rings. The van der Waals surface area contributed by atoms with E-state index >= 15 is 0 Å². The molecule has 0 bridgehead atoms. The molecule has 1 unspecified atom stereocenters. The molecule has 0 saturated carbocycles. The highest BCUT2D eigenvalue weighted by Crippen LogP contribution is 2.19. The maximum Gasteiger partial charge on any atom is 0.328 e. The predicted octanol–water partition coefficient (Wildman–Crippen LogP) is 2.23. The molecule has 0 radical (unpaired) electrons. The average Bonchev–Trinajstić information content (AvgIpc) is 2.92. The van der Waals surface area contributed by atoms with E-state index in [2.05, 4.69) is 15.5 Å². The Kier molecular flexibility index (Phi) is 5.08. The molecule has 7 heteroatoms. The molecular formula is C15H20N4O3. The number of hydrogen-bond donors (Lipinski definition) is 1. The molecule has 1 aromatic carbocycles. The lowest BCUT2D eigenvalue weighted by atomic mass is 10.0. The lowest BCUT2D eigenvalue weighted by Crippen LogP contribution is -2.24. The van der Waals surface area contributed by atoms with Crippen LogP contribution in [0.15, 0.2) is 24.3 Å². The molecule has 7 nitrogen and oxygen atoms in total. The van der Waals surface area contributed by atoms with E-state index in [0.717, 1.165) is 5.56 Å². The summed E-state index contributed by atoms with van der Waals surface area (Å²) < 4.78 is 6.95. The summed E-state index contributed by atoms with van der Waals surface area (Å²) in [6.45, 7) is 6.04. The maximum atomic E-state index is 11.4. The van der Waals surface area contributed by atoms with Gasteiger partial charge in [0.05, 0.1) is 0 Å². The maximum absolute atomic E-state index is 11.4. The number of nitrogens with zero attached hydrogens (tertiary/aromatic N) is 4. The van der Waals surface area contributed by atoms with E-state index in [0.29, 0.717) is 18.0 Å². The fourth-order valence-electron chi connectivity index (χ4n) is 2.08. The summed E-state index contributed by atoms with van der Waals surface area (Å²) in [4.78, 5) is 11.4. The number of aliphatic carboxylic acids is 1. The molecule has 1 aromatic heterocycles. The third kappa shape index (κ3) is 4.03. The van der Waals surface area contributed by atoms with Crippen LogP contribution >= 0.6 is 0 Å². The van der Waals surface area contributed by atoms with Gasteiger partial charge in [-0.2, -0.15) is 0 Å². The summed E-state index contributed by atoms with van der Waals surface area (Å²) in [6.07, 6.45) is 0.456. The summed E-state index contributed by atoms with van der Waals surface area (Å²) >= 11 is 0. The molecule has 1 heterocycles. The van der Waals surface area contributed by atoms with Crippen LogP contribution in [0.2, 0.25) is 0 Å². The Morgan fingerprint density at radius 3 is 2.59 bits per heavy atom. The molecule has 0 amide bonds. The predicted molar refractivity (Wildman–Crippen MR) is 79.5 cm³/mol. The molecule has 22 heavy (non-hydrogen) atoms. The van der Waals surface area contributed by atoms with Gasteiger partial charge in [-0.25, -0.2) is 9.48 Å². The van der Waals surface area contributed by atoms with Crippen LogP contribution in [0, 0.1) is 12.8 Å². The average molecular weight is 304 g/mol. The molecule has 0 aliphatic heterocycles. The molecule has 0 fully saturated rings. The summed E-state index contributed by atoms with van der Waals surface area (Å²) in [7, 11) is 0. The highest BCUT2D eigenvalue weighted by Gasteiger charge is 2.25. The molecule has 0 aliphatic carbocycles. The Morgan fingerprint density at radius 1 is 1.32 bits per heavy atom. The van der Waals surface area contributed by atoms with E-state index in [4.69, 9.17) is 4.74 Å². The van der Waals surface area contributed by atoms with Gasteiger partial charge in [0.15, 0.2) is 11.9 Å². The van der Waals surface area contributed by atoms with Gasteiger partial charge in [0, 0.05) is 0 Å². The number of tetrazole rings is 1. The van der Waals surface area contributed by atoms with E-state index in [1.165, 1.54) is 4.68 Å². The van der Waals surface area contributed by atoms with E-state index < -0.39 is 12.0 Å². The first-order valence-corrected chi connectivity index (χ1v) is 7.16. The van der Waals surface area contributed by atoms with Gasteiger partial charge in [-0.1, -0.05) is 31.5 Å². The quantitative estimate of drug-likeness (QED) is 0.843. The smallest absolute Gasteiger partial charge is 0.328 e. The highest BCUT2D eigenvalue weighted by atomic mass is 16.5. The second-order valence-corrected chi connectivity index (χ2v) is 5.62. The van der Waals surface area contributed by atoms with Gasteiger partial charge in [0.1, 0.15) is 12.4 Å². The van der Waals surface area contributed by atoms with Crippen molar-refractivity contribution in [1.82, 2.24) is 20.2 Å². The van der Waals surface area contributed by atoms with Crippen molar-refractivity contribution in [3.05, 3.63) is 35.7 Å². The number of carbonyl (C=O) groups is 1. The van der Waals surface area contributed by atoms with Gasteiger partial charge >= 0.3 is 5.97 Å². The van der Waals surface area contributed by atoms with Crippen molar-refractivity contribution in [2.45, 2.75) is 39.8 Å². The van der Waals surface area contributed by atoms with Gasteiger partial charge in [-0.15, -0.1) is 5.10 Å². The van der Waals surface area contributed by atoms with Crippen LogP contribution in [0.5, 0.6) is 5.75 Å². The van der Waals surface area contributed by atoms with E-state index in [-0.39, 0.29) is 12.5 Å². The number of ether oxygens (including phenoxy) is 1. The first-order chi connectivity index (χ1) is 10.5. The first-order valence-electron chi connectivity index (χ1n) is 7.16. The van der Waals surface area contributed by atoms with Crippen LogP contribution in [0.3, 0.4) is 0 Å². The molecule has 1 N–H and O–H groups in total. The third-order valence-corrected chi connectivity index (χ3v) is 3.22. The summed E-state index contributed by atoms with van der Waals surface area (Å²) in [6, 6.07) is 6.80. The molecule has 2 aromatic rings. The standard InChI is InChI=1S/C15H20N4O3/c1-10(2)8-13(15(20)21)19-14(16-17-18-19)9-22-12-6-4-11(3)5-7-12/h4-7,10,13H,8-9H2,1-3H3,(H,20,21). The van der Waals surface area contributed by atoms with Crippen LogP contribution in [0.1, 0.15) is 37.7 Å². The third-order valence-electron chi connectivity index (χ3n) is 3.22. The Bertz CT molecular complexity index is 622. The zero-order valence-corrected chi connectivity index (χ0v) is 12.9. The van der Waals surface area contributed by atoms with Crippen LogP contribution in [-0.4, -0.2) is 31.3 Å². The topological polar surface area (TPSA) is 90.1 Å². The Labute approximate surface area is 128 Å². The lowest BCUT2D eigenvalue weighted by molar-refractivity contribution is -0.141. The van der Waals surface area contributed by atoms with Crippen molar-refractivity contribution in [3.8, 4) is 5.75 Å². The number of carboxylic acid groups (broad SMARTS) is 1. The normalized spacial score (nSPS) is 12.4. The van der Waals surface area contributed by atoms with Gasteiger partial charge < -0.3 is 9.84 Å². The van der Waals surface area contributed by atoms with Gasteiger partial charge in [0.25, 0.3) is 0 Å².